The third-order valence-electron chi connectivity index (χ3n) is 2.09. The molecule has 0 aliphatic rings. The number of hydrogen-bond donors (Lipinski definition) is 1. The Morgan fingerprint density at radius 2 is 2.00 bits per heavy atom. The molecule has 0 atom stereocenters. The Morgan fingerprint density at radius 3 is 2.53 bits per heavy atom. The third kappa shape index (κ3) is 4.95. The first kappa shape index (κ1) is 15.6. The van der Waals surface area contributed by atoms with E-state index in [4.69, 9.17) is 9.47 Å². The molecule has 0 saturated carbocycles. The molecule has 19 heavy (non-hydrogen) atoms. The molecule has 0 radical (unpaired) electrons. The number of phenols is 1. The first-order valence-corrected chi connectivity index (χ1v) is 6.50. The Balaban J connectivity index is 2.88. The lowest BCUT2D eigenvalue weighted by molar-refractivity contribution is -0.148. The molecule has 0 unspecified atom stereocenters. The van der Waals surface area contributed by atoms with E-state index in [0.717, 1.165) is 0 Å². The van der Waals surface area contributed by atoms with Gasteiger partial charge < -0.3 is 14.6 Å². The number of carbonyl (C=O) groups excluding carboxylic acids is 1. The molecule has 0 aromatic heterocycles. The highest BCUT2D eigenvalue weighted by Gasteiger charge is 2.14. The second-order valence-electron chi connectivity index (χ2n) is 4.92. The molecule has 4 nitrogen and oxygen atoms in total. The normalized spacial score (nSPS) is 11.6. The monoisotopic (exact) mass is 328 g/mol. The number of aromatic hydroxyl groups is 1. The van der Waals surface area contributed by atoms with Gasteiger partial charge in [0.2, 0.25) is 0 Å². The van der Waals surface area contributed by atoms with Crippen LogP contribution in [-0.2, 0) is 9.53 Å². The summed E-state index contributed by atoms with van der Waals surface area (Å²) in [4.78, 5) is 11.5. The molecule has 0 fully saturated rings. The van der Waals surface area contributed by atoms with Crippen LogP contribution in [-0.4, -0.2) is 23.8 Å². The van der Waals surface area contributed by atoms with Gasteiger partial charge in [-0.3, -0.25) is 0 Å². The van der Waals surface area contributed by atoms with E-state index in [1.54, 1.807) is 39.0 Å². The number of esters is 1. The minimum atomic E-state index is -0.519. The maximum absolute atomic E-state index is 11.5. The van der Waals surface area contributed by atoms with Crippen molar-refractivity contribution < 1.29 is 19.4 Å². The SMILES string of the molecule is COc1cc(/C=C/C(=O)OC(C)(C)C)cc(Br)c1O. The highest BCUT2D eigenvalue weighted by atomic mass is 79.9. The van der Waals surface area contributed by atoms with E-state index in [1.807, 2.05) is 0 Å². The molecule has 1 rings (SSSR count). The molecule has 0 aliphatic carbocycles. The topological polar surface area (TPSA) is 55.8 Å². The van der Waals surface area contributed by atoms with Crippen LogP contribution in [0.1, 0.15) is 26.3 Å². The van der Waals surface area contributed by atoms with E-state index in [-0.39, 0.29) is 5.75 Å². The van der Waals surface area contributed by atoms with E-state index in [2.05, 4.69) is 15.9 Å². The van der Waals surface area contributed by atoms with Crippen molar-refractivity contribution in [3.8, 4) is 11.5 Å². The Kier molecular flexibility index (Phi) is 5.00. The smallest absolute Gasteiger partial charge is 0.331 e. The van der Waals surface area contributed by atoms with Crippen molar-refractivity contribution in [2.75, 3.05) is 7.11 Å². The second-order valence-corrected chi connectivity index (χ2v) is 5.77. The Hall–Kier alpha value is -1.49. The van der Waals surface area contributed by atoms with Gasteiger partial charge in [-0.2, -0.15) is 0 Å². The quantitative estimate of drug-likeness (QED) is 0.681. The van der Waals surface area contributed by atoms with Crippen LogP contribution in [0.15, 0.2) is 22.7 Å². The summed E-state index contributed by atoms with van der Waals surface area (Å²) in [6, 6.07) is 3.31. The molecule has 0 heterocycles. The van der Waals surface area contributed by atoms with E-state index in [1.165, 1.54) is 13.2 Å². The Labute approximate surface area is 121 Å². The highest BCUT2D eigenvalue weighted by molar-refractivity contribution is 9.10. The highest BCUT2D eigenvalue weighted by Crippen LogP contribution is 2.35. The standard InChI is InChI=1S/C14H17BrO4/c1-14(2,3)19-12(16)6-5-9-7-10(15)13(17)11(8-9)18-4/h5-8,17H,1-4H3/b6-5+. The summed E-state index contributed by atoms with van der Waals surface area (Å²) < 4.78 is 10.7. The van der Waals surface area contributed by atoms with Crippen LogP contribution in [0.2, 0.25) is 0 Å². The summed E-state index contributed by atoms with van der Waals surface area (Å²) in [5.41, 5.74) is 0.196. The molecule has 5 heteroatoms. The van der Waals surface area contributed by atoms with Crippen molar-refractivity contribution >= 4 is 28.0 Å². The van der Waals surface area contributed by atoms with E-state index in [0.29, 0.717) is 15.8 Å². The van der Waals surface area contributed by atoms with Gasteiger partial charge >= 0.3 is 5.97 Å². The zero-order valence-corrected chi connectivity index (χ0v) is 12.9. The van der Waals surface area contributed by atoms with Crippen molar-refractivity contribution in [2.24, 2.45) is 0 Å². The first-order chi connectivity index (χ1) is 8.73. The van der Waals surface area contributed by atoms with E-state index in [9.17, 15) is 9.90 Å². The van der Waals surface area contributed by atoms with Crippen molar-refractivity contribution in [1.29, 1.82) is 0 Å². The summed E-state index contributed by atoms with van der Waals surface area (Å²) in [6.45, 7) is 5.41. The largest absolute Gasteiger partial charge is 0.503 e. The molecule has 104 valence electrons. The number of carbonyl (C=O) groups is 1. The number of benzene rings is 1. The molecule has 1 aromatic carbocycles. The minimum Gasteiger partial charge on any atom is -0.503 e. The Bertz CT molecular complexity index is 501. The minimum absolute atomic E-state index is 0.0249. The van der Waals surface area contributed by atoms with Gasteiger partial charge in [0.15, 0.2) is 11.5 Å². The molecule has 0 aliphatic heterocycles. The average molecular weight is 329 g/mol. The first-order valence-electron chi connectivity index (χ1n) is 5.70. The van der Waals surface area contributed by atoms with Gasteiger partial charge in [0.05, 0.1) is 11.6 Å². The summed E-state index contributed by atoms with van der Waals surface area (Å²) in [5, 5.41) is 9.66. The predicted molar refractivity (Wildman–Crippen MR) is 77.2 cm³/mol. The summed E-state index contributed by atoms with van der Waals surface area (Å²) in [6.07, 6.45) is 2.93. The maximum atomic E-state index is 11.5. The van der Waals surface area contributed by atoms with Gasteiger partial charge in [-0.25, -0.2) is 4.79 Å². The number of hydrogen-bond acceptors (Lipinski definition) is 4. The molecule has 0 saturated heterocycles. The van der Waals surface area contributed by atoms with Crippen LogP contribution in [0, 0.1) is 0 Å². The lowest BCUT2D eigenvalue weighted by atomic mass is 10.2. The van der Waals surface area contributed by atoms with Crippen LogP contribution in [0.4, 0.5) is 0 Å². The molecule has 0 bridgehead atoms. The second kappa shape index (κ2) is 6.10. The van der Waals surface area contributed by atoms with Crippen molar-refractivity contribution in [3.63, 3.8) is 0 Å². The van der Waals surface area contributed by atoms with Gasteiger partial charge in [0, 0.05) is 6.08 Å². The third-order valence-corrected chi connectivity index (χ3v) is 2.69. The zero-order valence-electron chi connectivity index (χ0n) is 11.4. The number of methoxy groups -OCH3 is 1. The lowest BCUT2D eigenvalue weighted by Crippen LogP contribution is -2.22. The number of ether oxygens (including phenoxy) is 2. The van der Waals surface area contributed by atoms with Crippen LogP contribution in [0.5, 0.6) is 11.5 Å². The van der Waals surface area contributed by atoms with Crippen molar-refractivity contribution in [2.45, 2.75) is 26.4 Å². The molecule has 0 amide bonds. The van der Waals surface area contributed by atoms with Crippen molar-refractivity contribution in [1.82, 2.24) is 0 Å². The Morgan fingerprint density at radius 1 is 1.37 bits per heavy atom. The van der Waals surface area contributed by atoms with Gasteiger partial charge in [0.25, 0.3) is 0 Å². The van der Waals surface area contributed by atoms with Crippen molar-refractivity contribution in [3.05, 3.63) is 28.2 Å². The van der Waals surface area contributed by atoms with Crippen LogP contribution in [0.3, 0.4) is 0 Å². The fourth-order valence-electron chi connectivity index (χ4n) is 1.35. The van der Waals surface area contributed by atoms with E-state index < -0.39 is 11.6 Å². The summed E-state index contributed by atoms with van der Waals surface area (Å²) in [7, 11) is 1.46. The number of rotatable bonds is 3. The molecule has 0 spiro atoms. The van der Waals surface area contributed by atoms with Gasteiger partial charge in [-0.15, -0.1) is 0 Å². The summed E-state index contributed by atoms with van der Waals surface area (Å²) >= 11 is 3.21. The molecule has 1 N–H and O–H groups in total. The van der Waals surface area contributed by atoms with Crippen LogP contribution >= 0.6 is 15.9 Å². The predicted octanol–water partition coefficient (Wildman–Crippen LogP) is 3.52. The lowest BCUT2D eigenvalue weighted by Gasteiger charge is -2.17. The van der Waals surface area contributed by atoms with Crippen LogP contribution < -0.4 is 4.74 Å². The molecule has 1 aromatic rings. The van der Waals surface area contributed by atoms with Crippen LogP contribution in [0.25, 0.3) is 6.08 Å². The fourth-order valence-corrected chi connectivity index (χ4v) is 1.81. The maximum Gasteiger partial charge on any atom is 0.331 e. The summed E-state index contributed by atoms with van der Waals surface area (Å²) in [5.74, 6) is -0.0641. The fraction of sp³-hybridized carbons (Fsp3) is 0.357. The van der Waals surface area contributed by atoms with Gasteiger partial charge in [-0.1, -0.05) is 0 Å². The molecular formula is C14H17BrO4. The number of phenolic OH excluding ortho intramolecular Hbond substituents is 1. The molecular weight excluding hydrogens is 312 g/mol. The van der Waals surface area contributed by atoms with Gasteiger partial charge in [-0.05, 0) is 60.5 Å². The average Bonchev–Trinajstić information content (AvgIpc) is 2.28. The number of halogens is 1. The zero-order chi connectivity index (χ0) is 14.6. The van der Waals surface area contributed by atoms with Gasteiger partial charge in [0.1, 0.15) is 5.60 Å². The van der Waals surface area contributed by atoms with E-state index >= 15 is 0 Å².